The molecule has 0 spiro atoms. The first kappa shape index (κ1) is 8.01. The Morgan fingerprint density at radius 3 is 3.00 bits per heavy atom. The van der Waals surface area contributed by atoms with E-state index in [2.05, 4.69) is 0 Å². The van der Waals surface area contributed by atoms with Gasteiger partial charge in [0.1, 0.15) is 0 Å². The predicted octanol–water partition coefficient (Wildman–Crippen LogP) is -0.632. The number of ether oxygens (including phenoxy) is 1. The average Bonchev–Trinajstić information content (AvgIpc) is 2.29. The molecule has 0 aromatic rings. The van der Waals surface area contributed by atoms with E-state index in [4.69, 9.17) is 16.2 Å². The number of hydrogen-bond acceptors (Lipinski definition) is 3. The van der Waals surface area contributed by atoms with Crippen LogP contribution in [0.5, 0.6) is 0 Å². The number of rotatable bonds is 2. The molecule has 2 aliphatic rings. The van der Waals surface area contributed by atoms with Gasteiger partial charge in [-0.3, -0.25) is 4.79 Å². The number of hydrogen-bond donors (Lipinski definition) is 2. The second kappa shape index (κ2) is 2.44. The van der Waals surface area contributed by atoms with Gasteiger partial charge in [0.15, 0.2) is 0 Å². The summed E-state index contributed by atoms with van der Waals surface area (Å²) in [6.45, 7) is 0.785. The van der Waals surface area contributed by atoms with E-state index < -0.39 is 0 Å². The first-order valence-corrected chi connectivity index (χ1v) is 4.31. The van der Waals surface area contributed by atoms with Crippen LogP contribution in [0, 0.1) is 5.92 Å². The van der Waals surface area contributed by atoms with Crippen molar-refractivity contribution in [2.75, 3.05) is 6.61 Å². The third-order valence-corrected chi connectivity index (χ3v) is 3.03. The molecule has 0 radical (unpaired) electrons. The van der Waals surface area contributed by atoms with Gasteiger partial charge in [-0.25, -0.2) is 0 Å². The summed E-state index contributed by atoms with van der Waals surface area (Å²) < 4.78 is 5.40. The van der Waals surface area contributed by atoms with Crippen LogP contribution in [0.25, 0.3) is 0 Å². The van der Waals surface area contributed by atoms with Crippen LogP contribution in [0.15, 0.2) is 0 Å². The van der Waals surface area contributed by atoms with Crippen LogP contribution in [0.3, 0.4) is 0 Å². The zero-order chi connectivity index (χ0) is 8.77. The van der Waals surface area contributed by atoms with Crippen molar-refractivity contribution < 1.29 is 9.53 Å². The largest absolute Gasteiger partial charge is 0.378 e. The number of nitrogens with two attached hydrogens (primary N) is 2. The van der Waals surface area contributed by atoms with Crippen molar-refractivity contribution in [2.45, 2.75) is 30.9 Å². The molecule has 1 saturated heterocycles. The zero-order valence-electron chi connectivity index (χ0n) is 6.95. The Labute approximate surface area is 71.2 Å². The standard InChI is InChI=1S/C8H14N2O2/c9-7(11)4-8(10)3-6-5(8)1-2-12-6/h5-6H,1-4,10H2,(H2,9,11). The van der Waals surface area contributed by atoms with Gasteiger partial charge in [-0.15, -0.1) is 0 Å². The van der Waals surface area contributed by atoms with Crippen molar-refractivity contribution in [2.24, 2.45) is 17.4 Å². The molecule has 4 nitrogen and oxygen atoms in total. The second-order valence-electron chi connectivity index (χ2n) is 3.88. The van der Waals surface area contributed by atoms with Crippen molar-refractivity contribution in [1.29, 1.82) is 0 Å². The maximum absolute atomic E-state index is 10.7. The lowest BCUT2D eigenvalue weighted by atomic mass is 9.63. The number of amides is 1. The SMILES string of the molecule is NC(=O)CC1(N)CC2OCCC21. The molecule has 3 atom stereocenters. The van der Waals surface area contributed by atoms with Crippen LogP contribution in [0.4, 0.5) is 0 Å². The summed E-state index contributed by atoms with van der Waals surface area (Å²) in [5.41, 5.74) is 10.8. The quantitative estimate of drug-likeness (QED) is 0.579. The zero-order valence-corrected chi connectivity index (χ0v) is 6.95. The fourth-order valence-corrected chi connectivity index (χ4v) is 2.40. The van der Waals surface area contributed by atoms with E-state index in [0.29, 0.717) is 18.4 Å². The smallest absolute Gasteiger partial charge is 0.219 e. The summed E-state index contributed by atoms with van der Waals surface area (Å²) in [6, 6.07) is 0. The average molecular weight is 170 g/mol. The Balaban J connectivity index is 2.00. The van der Waals surface area contributed by atoms with Gasteiger partial charge in [0.25, 0.3) is 0 Å². The van der Waals surface area contributed by atoms with Gasteiger partial charge >= 0.3 is 0 Å². The second-order valence-corrected chi connectivity index (χ2v) is 3.88. The van der Waals surface area contributed by atoms with Gasteiger partial charge in [0.2, 0.25) is 5.91 Å². The first-order valence-electron chi connectivity index (χ1n) is 4.31. The minimum absolute atomic E-state index is 0.300. The number of fused-ring (bicyclic) bond motifs is 1. The van der Waals surface area contributed by atoms with E-state index in [-0.39, 0.29) is 11.4 Å². The van der Waals surface area contributed by atoms with Gasteiger partial charge in [-0.05, 0) is 12.8 Å². The number of carbonyl (C=O) groups excluding carboxylic acids is 1. The molecule has 68 valence electrons. The molecule has 2 rings (SSSR count). The topological polar surface area (TPSA) is 78.3 Å². The molecule has 0 aromatic carbocycles. The molecule has 1 saturated carbocycles. The van der Waals surface area contributed by atoms with Crippen molar-refractivity contribution in [3.63, 3.8) is 0 Å². The Morgan fingerprint density at radius 2 is 2.42 bits per heavy atom. The number of carbonyl (C=O) groups is 1. The van der Waals surface area contributed by atoms with E-state index in [1.165, 1.54) is 0 Å². The highest BCUT2D eigenvalue weighted by Crippen LogP contribution is 2.46. The minimum Gasteiger partial charge on any atom is -0.378 e. The van der Waals surface area contributed by atoms with E-state index >= 15 is 0 Å². The Hall–Kier alpha value is -0.610. The van der Waals surface area contributed by atoms with E-state index in [1.807, 2.05) is 0 Å². The van der Waals surface area contributed by atoms with Crippen LogP contribution in [-0.2, 0) is 9.53 Å². The normalized spacial score (nSPS) is 45.1. The lowest BCUT2D eigenvalue weighted by Crippen LogP contribution is -2.62. The molecule has 2 fully saturated rings. The molecule has 12 heavy (non-hydrogen) atoms. The van der Waals surface area contributed by atoms with Crippen molar-refractivity contribution in [3.8, 4) is 0 Å². The highest BCUT2D eigenvalue weighted by atomic mass is 16.5. The molecule has 0 bridgehead atoms. The van der Waals surface area contributed by atoms with Gasteiger partial charge in [-0.2, -0.15) is 0 Å². The monoisotopic (exact) mass is 170 g/mol. The van der Waals surface area contributed by atoms with Crippen LogP contribution < -0.4 is 11.5 Å². The maximum Gasteiger partial charge on any atom is 0.219 e. The summed E-state index contributed by atoms with van der Waals surface area (Å²) in [5, 5.41) is 0. The third-order valence-electron chi connectivity index (χ3n) is 3.03. The van der Waals surface area contributed by atoms with E-state index in [1.54, 1.807) is 0 Å². The van der Waals surface area contributed by atoms with Gasteiger partial charge in [-0.1, -0.05) is 0 Å². The summed E-state index contributed by atoms with van der Waals surface area (Å²) in [4.78, 5) is 10.7. The molecule has 1 aliphatic heterocycles. The lowest BCUT2D eigenvalue weighted by molar-refractivity contribution is -0.122. The van der Waals surface area contributed by atoms with Gasteiger partial charge in [0, 0.05) is 24.5 Å². The van der Waals surface area contributed by atoms with Crippen LogP contribution in [0.1, 0.15) is 19.3 Å². The lowest BCUT2D eigenvalue weighted by Gasteiger charge is -2.48. The summed E-state index contributed by atoms with van der Waals surface area (Å²) in [5.74, 6) is 0.0628. The van der Waals surface area contributed by atoms with Crippen LogP contribution >= 0.6 is 0 Å². The van der Waals surface area contributed by atoms with Crippen molar-refractivity contribution in [3.05, 3.63) is 0 Å². The molecule has 0 aromatic heterocycles. The third kappa shape index (κ3) is 1.03. The molecule has 1 amide bonds. The summed E-state index contributed by atoms with van der Waals surface area (Å²) in [7, 11) is 0. The minimum atomic E-state index is -0.354. The molecule has 4 heteroatoms. The first-order chi connectivity index (χ1) is 5.62. The maximum atomic E-state index is 10.7. The van der Waals surface area contributed by atoms with Gasteiger partial charge in [0.05, 0.1) is 6.10 Å². The predicted molar refractivity (Wildman–Crippen MR) is 43.2 cm³/mol. The highest BCUT2D eigenvalue weighted by molar-refractivity contribution is 5.75. The Morgan fingerprint density at radius 1 is 1.67 bits per heavy atom. The summed E-state index contributed by atoms with van der Waals surface area (Å²) >= 11 is 0. The van der Waals surface area contributed by atoms with Gasteiger partial charge < -0.3 is 16.2 Å². The number of primary amides is 1. The molecule has 1 aliphatic carbocycles. The highest BCUT2D eigenvalue weighted by Gasteiger charge is 2.54. The molecular formula is C8H14N2O2. The van der Waals surface area contributed by atoms with Crippen molar-refractivity contribution in [1.82, 2.24) is 0 Å². The Kier molecular flexibility index (Phi) is 1.63. The fraction of sp³-hybridized carbons (Fsp3) is 0.875. The molecule has 1 heterocycles. The van der Waals surface area contributed by atoms with Crippen LogP contribution in [-0.4, -0.2) is 24.2 Å². The van der Waals surface area contributed by atoms with Crippen LogP contribution in [0.2, 0.25) is 0 Å². The van der Waals surface area contributed by atoms with E-state index in [9.17, 15) is 4.79 Å². The Bertz CT molecular complexity index is 219. The fourth-order valence-electron chi connectivity index (χ4n) is 2.40. The molecular weight excluding hydrogens is 156 g/mol. The van der Waals surface area contributed by atoms with Crippen molar-refractivity contribution >= 4 is 5.91 Å². The molecule has 4 N–H and O–H groups in total. The molecule has 3 unspecified atom stereocenters. The van der Waals surface area contributed by atoms with E-state index in [0.717, 1.165) is 19.4 Å². The summed E-state index contributed by atoms with van der Waals surface area (Å²) in [6.07, 6.45) is 2.38.